The predicted octanol–water partition coefficient (Wildman–Crippen LogP) is 1.17. The first kappa shape index (κ1) is 6.60. The molecular formula is C4H11N2Si+. The van der Waals surface area contributed by atoms with Crippen molar-refractivity contribution < 1.29 is 4.79 Å². The Balaban J connectivity index is 3.80. The summed E-state index contributed by atoms with van der Waals surface area (Å²) in [7, 11) is -1.14. The van der Waals surface area contributed by atoms with E-state index in [1.54, 1.807) is 5.84 Å². The minimum absolute atomic E-state index is 1.14. The Morgan fingerprint density at radius 3 is 1.86 bits per heavy atom. The second kappa shape index (κ2) is 2.05. The summed E-state index contributed by atoms with van der Waals surface area (Å²) in [5.41, 5.74) is 6.46. The van der Waals surface area contributed by atoms with Gasteiger partial charge in [-0.15, -0.1) is 0 Å². The van der Waals surface area contributed by atoms with Crippen LogP contribution in [-0.2, 0) is 0 Å². The molecule has 0 aliphatic heterocycles. The van der Waals surface area contributed by atoms with E-state index in [4.69, 9.17) is 5.53 Å². The average Bonchev–Trinajstić information content (AvgIpc) is 1.30. The SMILES string of the molecule is C[Si](C)(C)C=[N+]=N. The van der Waals surface area contributed by atoms with Crippen LogP contribution in [0, 0.1) is 5.53 Å². The Morgan fingerprint density at radius 1 is 1.43 bits per heavy atom. The molecule has 0 saturated heterocycles. The highest BCUT2D eigenvalue weighted by Gasteiger charge is 2.16. The molecular weight excluding hydrogens is 104 g/mol. The molecule has 0 spiro atoms. The summed E-state index contributed by atoms with van der Waals surface area (Å²) < 4.78 is 0. The summed E-state index contributed by atoms with van der Waals surface area (Å²) in [6.45, 7) is 6.43. The molecule has 3 heteroatoms. The Morgan fingerprint density at radius 2 is 1.86 bits per heavy atom. The normalized spacial score (nSPS) is 10.1. The summed E-state index contributed by atoms with van der Waals surface area (Å²) >= 11 is 0. The number of hydrogen-bond acceptors (Lipinski definition) is 1. The highest BCUT2D eigenvalue weighted by molar-refractivity contribution is 6.98. The van der Waals surface area contributed by atoms with Crippen molar-refractivity contribution in [1.82, 2.24) is 0 Å². The molecule has 0 heterocycles. The molecule has 7 heavy (non-hydrogen) atoms. The van der Waals surface area contributed by atoms with Crippen LogP contribution in [0.3, 0.4) is 0 Å². The van der Waals surface area contributed by atoms with Gasteiger partial charge >= 0.3 is 0 Å². The van der Waals surface area contributed by atoms with Crippen molar-refractivity contribution in [1.29, 1.82) is 5.53 Å². The molecule has 1 N–H and O–H groups in total. The van der Waals surface area contributed by atoms with Gasteiger partial charge in [0.15, 0.2) is 8.07 Å². The molecule has 0 saturated carbocycles. The van der Waals surface area contributed by atoms with Crippen molar-refractivity contribution in [3.8, 4) is 0 Å². The van der Waals surface area contributed by atoms with Gasteiger partial charge in [-0.05, 0) is 0 Å². The second-order valence-electron chi connectivity index (χ2n) is 2.62. The van der Waals surface area contributed by atoms with Crippen LogP contribution in [0.15, 0.2) is 0 Å². The van der Waals surface area contributed by atoms with E-state index in [1.807, 2.05) is 0 Å². The molecule has 40 valence electrons. The van der Waals surface area contributed by atoms with Crippen LogP contribution < -0.4 is 0 Å². The number of nitrogens with zero attached hydrogens (tertiary/aromatic N) is 1. The Bertz CT molecular complexity index is 96.7. The van der Waals surface area contributed by atoms with Crippen molar-refractivity contribution in [2.75, 3.05) is 0 Å². The van der Waals surface area contributed by atoms with Gasteiger partial charge in [0, 0.05) is 4.79 Å². The highest BCUT2D eigenvalue weighted by Crippen LogP contribution is 1.91. The van der Waals surface area contributed by atoms with E-state index in [9.17, 15) is 0 Å². The first-order valence-corrected chi connectivity index (χ1v) is 5.85. The summed E-state index contributed by atoms with van der Waals surface area (Å²) in [6, 6.07) is 0. The molecule has 0 unspecified atom stereocenters. The zero-order chi connectivity index (χ0) is 5.91. The zero-order valence-corrected chi connectivity index (χ0v) is 6.02. The van der Waals surface area contributed by atoms with Gasteiger partial charge in [-0.2, -0.15) is 0 Å². The van der Waals surface area contributed by atoms with E-state index < -0.39 is 8.07 Å². The third kappa shape index (κ3) is 5.60. The smallest absolute Gasteiger partial charge is 0.0593 e. The maximum atomic E-state index is 6.46. The van der Waals surface area contributed by atoms with Crippen molar-refractivity contribution in [3.63, 3.8) is 0 Å². The summed E-state index contributed by atoms with van der Waals surface area (Å²) in [4.78, 5) is 3.19. The lowest BCUT2D eigenvalue weighted by atomic mass is 11.7. The Kier molecular flexibility index (Phi) is 1.93. The molecule has 0 aromatic carbocycles. The first-order valence-electron chi connectivity index (χ1n) is 2.27. The zero-order valence-electron chi connectivity index (χ0n) is 5.02. The number of nitrogens with one attached hydrogen (secondary N) is 1. The van der Waals surface area contributed by atoms with Gasteiger partial charge in [0.1, 0.15) is 0 Å². The van der Waals surface area contributed by atoms with E-state index in [-0.39, 0.29) is 0 Å². The lowest BCUT2D eigenvalue weighted by Crippen LogP contribution is -2.22. The van der Waals surface area contributed by atoms with Crippen molar-refractivity contribution >= 4 is 13.9 Å². The van der Waals surface area contributed by atoms with Gasteiger partial charge in [-0.25, -0.2) is 0 Å². The monoisotopic (exact) mass is 115 g/mol. The number of hydrogen-bond donors (Lipinski definition) is 1. The van der Waals surface area contributed by atoms with Crippen LogP contribution in [0.5, 0.6) is 0 Å². The van der Waals surface area contributed by atoms with Crippen molar-refractivity contribution in [3.05, 3.63) is 0 Å². The lowest BCUT2D eigenvalue weighted by molar-refractivity contribution is -0.109. The second-order valence-corrected chi connectivity index (χ2v) is 7.61. The van der Waals surface area contributed by atoms with Gasteiger partial charge in [-0.1, -0.05) is 19.6 Å². The minimum atomic E-state index is -1.14. The molecule has 0 aliphatic rings. The standard InChI is InChI=1S/C4H11N2Si/c1-7(2,3)4-6-5/h4-5H,1-3H3/q+1. The Labute approximate surface area is 44.8 Å². The molecule has 0 aliphatic carbocycles. The summed E-state index contributed by atoms with van der Waals surface area (Å²) in [5, 5.41) is 0. The number of rotatable bonds is 1. The maximum Gasteiger partial charge on any atom is 0.274 e. The summed E-state index contributed by atoms with van der Waals surface area (Å²) in [6.07, 6.45) is 0. The molecule has 0 aromatic heterocycles. The fourth-order valence-corrected chi connectivity index (χ4v) is 0.581. The highest BCUT2D eigenvalue weighted by atomic mass is 28.3. The van der Waals surface area contributed by atoms with Crippen LogP contribution in [0.4, 0.5) is 0 Å². The van der Waals surface area contributed by atoms with Gasteiger partial charge in [-0.3, -0.25) is 0 Å². The fraction of sp³-hybridized carbons (Fsp3) is 0.750. The van der Waals surface area contributed by atoms with Gasteiger partial charge < -0.3 is 0 Å². The van der Waals surface area contributed by atoms with Crippen LogP contribution in [-0.4, -0.2) is 18.7 Å². The van der Waals surface area contributed by atoms with E-state index in [0.29, 0.717) is 0 Å². The predicted molar refractivity (Wildman–Crippen MR) is 32.4 cm³/mol. The van der Waals surface area contributed by atoms with Gasteiger partial charge in [0.25, 0.3) is 5.84 Å². The lowest BCUT2D eigenvalue weighted by Gasteiger charge is -1.94. The van der Waals surface area contributed by atoms with Crippen molar-refractivity contribution in [2.45, 2.75) is 19.6 Å². The largest absolute Gasteiger partial charge is 0.274 e. The van der Waals surface area contributed by atoms with Crippen molar-refractivity contribution in [2.24, 2.45) is 0 Å². The quantitative estimate of drug-likeness (QED) is 0.231. The topological polar surface area (TPSA) is 38.0 Å². The molecule has 2 nitrogen and oxygen atoms in total. The Hall–Kier alpha value is -0.403. The van der Waals surface area contributed by atoms with Crippen LogP contribution >= 0.6 is 0 Å². The van der Waals surface area contributed by atoms with E-state index in [0.717, 1.165) is 0 Å². The van der Waals surface area contributed by atoms with Gasteiger partial charge in [0.2, 0.25) is 0 Å². The molecule has 0 aromatic rings. The molecule has 0 fully saturated rings. The van der Waals surface area contributed by atoms with Crippen LogP contribution in [0.1, 0.15) is 0 Å². The maximum absolute atomic E-state index is 6.46. The van der Waals surface area contributed by atoms with Crippen LogP contribution in [0.2, 0.25) is 19.6 Å². The average molecular weight is 115 g/mol. The molecule has 0 radical (unpaired) electrons. The molecule has 0 amide bonds. The molecule has 0 atom stereocenters. The first-order chi connectivity index (χ1) is 3.06. The van der Waals surface area contributed by atoms with Crippen LogP contribution in [0.25, 0.3) is 0 Å². The minimum Gasteiger partial charge on any atom is -0.0593 e. The molecule has 0 rings (SSSR count). The molecule has 0 bridgehead atoms. The van der Waals surface area contributed by atoms with Gasteiger partial charge in [0.05, 0.1) is 5.53 Å². The fourth-order valence-electron chi connectivity index (χ4n) is 0.194. The van der Waals surface area contributed by atoms with E-state index >= 15 is 0 Å². The van der Waals surface area contributed by atoms with E-state index in [2.05, 4.69) is 24.4 Å². The summed E-state index contributed by atoms with van der Waals surface area (Å²) in [5.74, 6) is 1.74. The van der Waals surface area contributed by atoms with E-state index in [1.165, 1.54) is 0 Å². The third-order valence-corrected chi connectivity index (χ3v) is 1.36. The third-order valence-electron chi connectivity index (χ3n) is 0.452.